The Morgan fingerprint density at radius 2 is 1.89 bits per heavy atom. The summed E-state index contributed by atoms with van der Waals surface area (Å²) in [6.07, 6.45) is 2.19. The Hall–Kier alpha value is -3.27. The van der Waals surface area contributed by atoms with Crippen molar-refractivity contribution in [3.05, 3.63) is 65.0 Å². The molecule has 0 bridgehead atoms. The molecule has 0 unspecified atom stereocenters. The van der Waals surface area contributed by atoms with Gasteiger partial charge < -0.3 is 5.32 Å². The van der Waals surface area contributed by atoms with E-state index in [0.717, 1.165) is 16.9 Å². The van der Waals surface area contributed by atoms with Crippen LogP contribution in [0.4, 0.5) is 15.8 Å². The average Bonchev–Trinajstić information content (AvgIpc) is 2.58. The Morgan fingerprint density at radius 1 is 1.19 bits per heavy atom. The van der Waals surface area contributed by atoms with Crippen LogP contribution in [-0.4, -0.2) is 30.1 Å². The average molecular weight is 390 g/mol. The second kappa shape index (κ2) is 7.16. The molecule has 1 aromatic heterocycles. The van der Waals surface area contributed by atoms with Gasteiger partial charge in [0.25, 0.3) is 5.56 Å². The van der Waals surface area contributed by atoms with Crippen LogP contribution in [0.3, 0.4) is 0 Å². The first-order valence-electron chi connectivity index (χ1n) is 7.74. The summed E-state index contributed by atoms with van der Waals surface area (Å²) in [5, 5.41) is 2.60. The standard InChI is InChI=1S/C17H15FN4O4S/c1-27(25,26)21-15-5-3-2-4-14(15)20-16(23)9-22-10-19-13-7-6-11(18)8-12(13)17(22)24/h2-8,10,21H,9H2,1H3,(H,20,23). The molecule has 0 saturated carbocycles. The number of anilines is 2. The molecule has 140 valence electrons. The molecule has 0 radical (unpaired) electrons. The number of para-hydroxylation sites is 2. The zero-order chi connectivity index (χ0) is 19.6. The maximum absolute atomic E-state index is 13.4. The number of carbonyl (C=O) groups excluding carboxylic acids is 1. The van der Waals surface area contributed by atoms with Crippen molar-refractivity contribution in [2.45, 2.75) is 6.54 Å². The molecule has 2 N–H and O–H groups in total. The highest BCUT2D eigenvalue weighted by molar-refractivity contribution is 7.92. The lowest BCUT2D eigenvalue weighted by atomic mass is 10.2. The summed E-state index contributed by atoms with van der Waals surface area (Å²) in [7, 11) is -3.53. The van der Waals surface area contributed by atoms with Gasteiger partial charge >= 0.3 is 0 Å². The van der Waals surface area contributed by atoms with E-state index in [1.807, 2.05) is 0 Å². The molecule has 0 aliphatic carbocycles. The fourth-order valence-electron chi connectivity index (χ4n) is 2.47. The van der Waals surface area contributed by atoms with Gasteiger partial charge in [-0.1, -0.05) is 12.1 Å². The predicted molar refractivity (Wildman–Crippen MR) is 99.5 cm³/mol. The smallest absolute Gasteiger partial charge is 0.261 e. The lowest BCUT2D eigenvalue weighted by molar-refractivity contribution is -0.116. The van der Waals surface area contributed by atoms with Crippen molar-refractivity contribution in [2.24, 2.45) is 0 Å². The SMILES string of the molecule is CS(=O)(=O)Nc1ccccc1NC(=O)Cn1cnc2ccc(F)cc2c1=O. The van der Waals surface area contributed by atoms with Crippen LogP contribution < -0.4 is 15.6 Å². The first-order valence-corrected chi connectivity index (χ1v) is 9.63. The second-order valence-electron chi connectivity index (χ2n) is 5.81. The summed E-state index contributed by atoms with van der Waals surface area (Å²) in [4.78, 5) is 28.7. The van der Waals surface area contributed by atoms with Crippen molar-refractivity contribution in [3.63, 3.8) is 0 Å². The van der Waals surface area contributed by atoms with Crippen molar-refractivity contribution in [1.82, 2.24) is 9.55 Å². The highest BCUT2D eigenvalue weighted by Crippen LogP contribution is 2.21. The van der Waals surface area contributed by atoms with E-state index in [4.69, 9.17) is 0 Å². The Balaban J connectivity index is 1.84. The van der Waals surface area contributed by atoms with E-state index >= 15 is 0 Å². The first kappa shape index (κ1) is 18.5. The van der Waals surface area contributed by atoms with Gasteiger partial charge in [0, 0.05) is 0 Å². The van der Waals surface area contributed by atoms with Crippen LogP contribution in [0.2, 0.25) is 0 Å². The fraction of sp³-hybridized carbons (Fsp3) is 0.118. The van der Waals surface area contributed by atoms with E-state index in [-0.39, 0.29) is 23.3 Å². The number of rotatable bonds is 5. The number of benzene rings is 2. The lowest BCUT2D eigenvalue weighted by Gasteiger charge is -2.12. The number of halogens is 1. The zero-order valence-corrected chi connectivity index (χ0v) is 15.0. The molecule has 3 rings (SSSR count). The minimum Gasteiger partial charge on any atom is -0.323 e. The summed E-state index contributed by atoms with van der Waals surface area (Å²) >= 11 is 0. The summed E-state index contributed by atoms with van der Waals surface area (Å²) in [6, 6.07) is 9.86. The maximum Gasteiger partial charge on any atom is 0.261 e. The molecule has 8 nitrogen and oxygen atoms in total. The van der Waals surface area contributed by atoms with E-state index in [2.05, 4.69) is 15.0 Å². The summed E-state index contributed by atoms with van der Waals surface area (Å²) in [6.45, 7) is -0.370. The van der Waals surface area contributed by atoms with Gasteiger partial charge in [-0.3, -0.25) is 18.9 Å². The van der Waals surface area contributed by atoms with Crippen LogP contribution in [0.1, 0.15) is 0 Å². The number of fused-ring (bicyclic) bond motifs is 1. The number of carbonyl (C=O) groups is 1. The number of nitrogens with zero attached hydrogens (tertiary/aromatic N) is 2. The Bertz CT molecular complexity index is 1190. The zero-order valence-electron chi connectivity index (χ0n) is 14.1. The van der Waals surface area contributed by atoms with Gasteiger partial charge in [-0.25, -0.2) is 17.8 Å². The highest BCUT2D eigenvalue weighted by Gasteiger charge is 2.12. The monoisotopic (exact) mass is 390 g/mol. The molecule has 0 aliphatic rings. The van der Waals surface area contributed by atoms with Gasteiger partial charge in [-0.05, 0) is 30.3 Å². The molecule has 2 aromatic carbocycles. The third kappa shape index (κ3) is 4.47. The van der Waals surface area contributed by atoms with Crippen LogP contribution in [0.25, 0.3) is 10.9 Å². The third-order valence-electron chi connectivity index (χ3n) is 3.60. The van der Waals surface area contributed by atoms with E-state index in [0.29, 0.717) is 5.52 Å². The van der Waals surface area contributed by atoms with Gasteiger partial charge in [0.2, 0.25) is 15.9 Å². The molecule has 0 atom stereocenters. The molecule has 1 heterocycles. The van der Waals surface area contributed by atoms with Gasteiger partial charge in [0.1, 0.15) is 12.4 Å². The normalized spacial score (nSPS) is 11.3. The number of hydrogen-bond acceptors (Lipinski definition) is 5. The summed E-state index contributed by atoms with van der Waals surface area (Å²) in [5.74, 6) is -1.15. The van der Waals surface area contributed by atoms with Gasteiger partial charge in [-0.2, -0.15) is 0 Å². The van der Waals surface area contributed by atoms with Crippen molar-refractivity contribution < 1.29 is 17.6 Å². The van der Waals surface area contributed by atoms with Crippen LogP contribution in [-0.2, 0) is 21.4 Å². The maximum atomic E-state index is 13.4. The van der Waals surface area contributed by atoms with Gasteiger partial charge in [-0.15, -0.1) is 0 Å². The van der Waals surface area contributed by atoms with Crippen LogP contribution >= 0.6 is 0 Å². The van der Waals surface area contributed by atoms with Gasteiger partial charge in [0.15, 0.2) is 0 Å². The predicted octanol–water partition coefficient (Wildman–Crippen LogP) is 1.55. The number of sulfonamides is 1. The molecule has 0 saturated heterocycles. The molecule has 0 aliphatic heterocycles. The quantitative estimate of drug-likeness (QED) is 0.687. The van der Waals surface area contributed by atoms with E-state index in [9.17, 15) is 22.4 Å². The molecule has 1 amide bonds. The molecular formula is C17H15FN4O4S. The molecular weight excluding hydrogens is 375 g/mol. The van der Waals surface area contributed by atoms with Crippen molar-refractivity contribution in [1.29, 1.82) is 0 Å². The third-order valence-corrected chi connectivity index (χ3v) is 4.19. The first-order chi connectivity index (χ1) is 12.7. The fourth-order valence-corrected chi connectivity index (χ4v) is 3.05. The number of amides is 1. The van der Waals surface area contributed by atoms with E-state index in [1.165, 1.54) is 30.6 Å². The largest absolute Gasteiger partial charge is 0.323 e. The topological polar surface area (TPSA) is 110 Å². The number of hydrogen-bond donors (Lipinski definition) is 2. The van der Waals surface area contributed by atoms with Gasteiger partial charge in [0.05, 0.1) is 34.9 Å². The Labute approximate surface area is 153 Å². The van der Waals surface area contributed by atoms with Crippen molar-refractivity contribution >= 4 is 38.2 Å². The van der Waals surface area contributed by atoms with Crippen molar-refractivity contribution in [2.75, 3.05) is 16.3 Å². The minimum atomic E-state index is -3.53. The molecule has 0 fully saturated rings. The minimum absolute atomic E-state index is 0.0597. The molecule has 10 heteroatoms. The number of aromatic nitrogens is 2. The van der Waals surface area contributed by atoms with E-state index < -0.39 is 27.3 Å². The Kier molecular flexibility index (Phi) is 4.91. The van der Waals surface area contributed by atoms with Crippen LogP contribution in [0.5, 0.6) is 0 Å². The van der Waals surface area contributed by atoms with Crippen LogP contribution in [0, 0.1) is 5.82 Å². The Morgan fingerprint density at radius 3 is 2.59 bits per heavy atom. The lowest BCUT2D eigenvalue weighted by Crippen LogP contribution is -2.28. The summed E-state index contributed by atoms with van der Waals surface area (Å²) < 4.78 is 39.5. The van der Waals surface area contributed by atoms with Crippen LogP contribution in [0.15, 0.2) is 53.6 Å². The highest BCUT2D eigenvalue weighted by atomic mass is 32.2. The molecule has 0 spiro atoms. The number of nitrogens with one attached hydrogen (secondary N) is 2. The second-order valence-corrected chi connectivity index (χ2v) is 7.56. The van der Waals surface area contributed by atoms with E-state index in [1.54, 1.807) is 12.1 Å². The molecule has 27 heavy (non-hydrogen) atoms. The van der Waals surface area contributed by atoms with Crippen molar-refractivity contribution in [3.8, 4) is 0 Å². The summed E-state index contributed by atoms with van der Waals surface area (Å²) in [5.41, 5.74) is 0.193. The molecule has 3 aromatic rings.